The summed E-state index contributed by atoms with van der Waals surface area (Å²) in [5.41, 5.74) is 4.53. The monoisotopic (exact) mass is 434 g/mol. The highest BCUT2D eigenvalue weighted by atomic mass is 35.5. The molecule has 0 fully saturated rings. The van der Waals surface area contributed by atoms with Crippen LogP contribution in [-0.4, -0.2) is 16.9 Å². The van der Waals surface area contributed by atoms with Crippen molar-refractivity contribution in [1.82, 2.24) is 10.3 Å². The van der Waals surface area contributed by atoms with Gasteiger partial charge in [0.15, 0.2) is 0 Å². The Morgan fingerprint density at radius 3 is 2.32 bits per heavy atom. The number of nitrogens with zero attached hydrogens (tertiary/aromatic N) is 2. The Morgan fingerprint density at radius 1 is 1.03 bits per heavy atom. The van der Waals surface area contributed by atoms with Gasteiger partial charge in [-0.3, -0.25) is 15.1 Å². The van der Waals surface area contributed by atoms with Gasteiger partial charge in [0.05, 0.1) is 6.54 Å². The maximum absolute atomic E-state index is 12.9. The van der Waals surface area contributed by atoms with Crippen LogP contribution in [0.4, 0.5) is 5.69 Å². The summed E-state index contributed by atoms with van der Waals surface area (Å²) in [6.45, 7) is 8.78. The lowest BCUT2D eigenvalue weighted by Gasteiger charge is -2.19. The van der Waals surface area contributed by atoms with E-state index < -0.39 is 0 Å². The van der Waals surface area contributed by atoms with Crippen molar-refractivity contribution in [3.05, 3.63) is 94.3 Å². The molecule has 1 heterocycles. The number of benzene rings is 2. The van der Waals surface area contributed by atoms with Crippen molar-refractivity contribution in [3.8, 4) is 0 Å². The molecule has 0 saturated heterocycles. The normalized spacial score (nSPS) is 11.8. The molecule has 0 aliphatic carbocycles. The van der Waals surface area contributed by atoms with Crippen molar-refractivity contribution in [3.63, 3.8) is 0 Å². The van der Waals surface area contributed by atoms with Gasteiger partial charge in [0.25, 0.3) is 5.91 Å². The Kier molecular flexibility index (Phi) is 7.08. The molecule has 0 aliphatic rings. The average molecular weight is 435 g/mol. The summed E-state index contributed by atoms with van der Waals surface area (Å²) >= 11 is 6.07. The van der Waals surface area contributed by atoms with E-state index in [9.17, 15) is 4.79 Å². The van der Waals surface area contributed by atoms with E-state index in [-0.39, 0.29) is 11.3 Å². The molecule has 31 heavy (non-hydrogen) atoms. The fraction of sp³-hybridized carbons (Fsp3) is 0.240. The lowest BCUT2D eigenvalue weighted by Crippen LogP contribution is -2.36. The van der Waals surface area contributed by atoms with Crippen LogP contribution in [-0.2, 0) is 12.0 Å². The molecule has 160 valence electrons. The number of carbonyl (C=O) groups excluding carboxylic acids is 1. The van der Waals surface area contributed by atoms with E-state index in [0.29, 0.717) is 23.1 Å². The Balaban J connectivity index is 1.82. The smallest absolute Gasteiger partial charge is 0.257 e. The summed E-state index contributed by atoms with van der Waals surface area (Å²) in [6.07, 6.45) is 3.44. The number of rotatable bonds is 4. The van der Waals surface area contributed by atoms with Crippen molar-refractivity contribution >= 4 is 29.2 Å². The SMILES string of the molecule is Cc1cc(Cl)ccc1NC(=NCc1ccncc1)NC(=O)c1ccc(C(C)(C)C)cc1. The lowest BCUT2D eigenvalue weighted by molar-refractivity contribution is 0.0977. The van der Waals surface area contributed by atoms with Crippen LogP contribution in [0.1, 0.15) is 47.8 Å². The van der Waals surface area contributed by atoms with E-state index in [4.69, 9.17) is 11.6 Å². The van der Waals surface area contributed by atoms with Crippen molar-refractivity contribution < 1.29 is 4.79 Å². The Morgan fingerprint density at radius 2 is 1.71 bits per heavy atom. The second-order valence-electron chi connectivity index (χ2n) is 8.39. The van der Waals surface area contributed by atoms with Crippen LogP contribution < -0.4 is 10.6 Å². The third-order valence-electron chi connectivity index (χ3n) is 4.86. The van der Waals surface area contributed by atoms with Gasteiger partial charge in [0.1, 0.15) is 0 Å². The number of halogens is 1. The second-order valence-corrected chi connectivity index (χ2v) is 8.82. The number of amides is 1. The Labute approximate surface area is 188 Å². The van der Waals surface area contributed by atoms with Gasteiger partial charge in [-0.05, 0) is 71.5 Å². The highest BCUT2D eigenvalue weighted by Gasteiger charge is 2.15. The third-order valence-corrected chi connectivity index (χ3v) is 5.09. The molecule has 0 aliphatic heterocycles. The van der Waals surface area contributed by atoms with E-state index in [1.54, 1.807) is 18.5 Å². The fourth-order valence-electron chi connectivity index (χ4n) is 2.97. The topological polar surface area (TPSA) is 66.4 Å². The quantitative estimate of drug-likeness (QED) is 0.406. The molecule has 0 bridgehead atoms. The molecule has 2 N–H and O–H groups in total. The van der Waals surface area contributed by atoms with E-state index in [2.05, 4.69) is 41.4 Å². The summed E-state index contributed by atoms with van der Waals surface area (Å²) in [7, 11) is 0. The summed E-state index contributed by atoms with van der Waals surface area (Å²) in [5.74, 6) is 0.139. The molecule has 0 saturated carbocycles. The number of hydrogen-bond donors (Lipinski definition) is 2. The summed E-state index contributed by atoms with van der Waals surface area (Å²) < 4.78 is 0. The zero-order chi connectivity index (χ0) is 22.4. The first kappa shape index (κ1) is 22.5. The molecule has 0 unspecified atom stereocenters. The number of aryl methyl sites for hydroxylation is 1. The van der Waals surface area contributed by atoms with Gasteiger partial charge in [-0.1, -0.05) is 44.5 Å². The molecule has 3 rings (SSSR count). The van der Waals surface area contributed by atoms with Gasteiger partial charge >= 0.3 is 0 Å². The van der Waals surface area contributed by atoms with Crippen molar-refractivity contribution in [2.75, 3.05) is 5.32 Å². The second kappa shape index (κ2) is 9.75. The van der Waals surface area contributed by atoms with Crippen molar-refractivity contribution in [2.45, 2.75) is 39.7 Å². The molecule has 5 nitrogen and oxygen atoms in total. The Bertz CT molecular complexity index is 1070. The molecule has 3 aromatic rings. The Hall–Kier alpha value is -3.18. The van der Waals surface area contributed by atoms with E-state index in [1.165, 1.54) is 5.56 Å². The number of guanidine groups is 1. The molecule has 0 atom stereocenters. The third kappa shape index (κ3) is 6.40. The maximum Gasteiger partial charge on any atom is 0.257 e. The number of anilines is 1. The average Bonchev–Trinajstić information content (AvgIpc) is 2.74. The van der Waals surface area contributed by atoms with Gasteiger partial charge < -0.3 is 5.32 Å². The van der Waals surface area contributed by atoms with Crippen molar-refractivity contribution in [1.29, 1.82) is 0 Å². The number of carbonyl (C=O) groups is 1. The summed E-state index contributed by atoms with van der Waals surface area (Å²) in [6, 6.07) is 16.9. The zero-order valence-electron chi connectivity index (χ0n) is 18.2. The molecular formula is C25H27ClN4O. The zero-order valence-corrected chi connectivity index (χ0v) is 19.0. The largest absolute Gasteiger partial charge is 0.326 e. The predicted octanol–water partition coefficient (Wildman–Crippen LogP) is 5.74. The minimum absolute atomic E-state index is 0.0276. The summed E-state index contributed by atoms with van der Waals surface area (Å²) in [4.78, 5) is 21.5. The summed E-state index contributed by atoms with van der Waals surface area (Å²) in [5, 5.41) is 6.78. The van der Waals surface area contributed by atoms with Crippen LogP contribution in [0.25, 0.3) is 0 Å². The minimum atomic E-state index is -0.229. The first-order chi connectivity index (χ1) is 14.7. The minimum Gasteiger partial charge on any atom is -0.326 e. The van der Waals surface area contributed by atoms with Crippen LogP contribution in [0.3, 0.4) is 0 Å². The molecule has 1 amide bonds. The predicted molar refractivity (Wildman–Crippen MR) is 128 cm³/mol. The highest BCUT2D eigenvalue weighted by molar-refractivity contribution is 6.30. The molecule has 0 radical (unpaired) electrons. The van der Waals surface area contributed by atoms with Crippen LogP contribution >= 0.6 is 11.6 Å². The fourth-order valence-corrected chi connectivity index (χ4v) is 3.19. The number of aliphatic imine (C=N–C) groups is 1. The van der Waals surface area contributed by atoms with Gasteiger partial charge in [-0.2, -0.15) is 0 Å². The van der Waals surface area contributed by atoms with Gasteiger partial charge in [0.2, 0.25) is 5.96 Å². The van der Waals surface area contributed by atoms with E-state index >= 15 is 0 Å². The van der Waals surface area contributed by atoms with Gasteiger partial charge in [0, 0.05) is 28.7 Å². The van der Waals surface area contributed by atoms with Crippen molar-refractivity contribution in [2.24, 2.45) is 4.99 Å². The van der Waals surface area contributed by atoms with Gasteiger partial charge in [-0.15, -0.1) is 0 Å². The van der Waals surface area contributed by atoms with Gasteiger partial charge in [-0.25, -0.2) is 4.99 Å². The first-order valence-electron chi connectivity index (χ1n) is 10.1. The lowest BCUT2D eigenvalue weighted by atomic mass is 9.87. The van der Waals surface area contributed by atoms with E-state index in [1.807, 2.05) is 55.5 Å². The standard InChI is InChI=1S/C25H27ClN4O/c1-17-15-21(26)9-10-22(17)29-24(28-16-18-11-13-27-14-12-18)30-23(31)19-5-7-20(8-6-19)25(2,3)4/h5-15H,16H2,1-4H3,(H2,28,29,30,31). The number of pyridine rings is 1. The van der Waals surface area contributed by atoms with E-state index in [0.717, 1.165) is 16.8 Å². The molecular weight excluding hydrogens is 408 g/mol. The molecule has 2 aromatic carbocycles. The molecule has 1 aromatic heterocycles. The molecule has 6 heteroatoms. The highest BCUT2D eigenvalue weighted by Crippen LogP contribution is 2.22. The number of hydrogen-bond acceptors (Lipinski definition) is 3. The van der Waals surface area contributed by atoms with Crippen LogP contribution in [0, 0.1) is 6.92 Å². The number of nitrogens with one attached hydrogen (secondary N) is 2. The molecule has 0 spiro atoms. The van der Waals surface area contributed by atoms with Crippen LogP contribution in [0.15, 0.2) is 72.0 Å². The van der Waals surface area contributed by atoms with Crippen LogP contribution in [0.5, 0.6) is 0 Å². The number of aromatic nitrogens is 1. The van der Waals surface area contributed by atoms with Crippen LogP contribution in [0.2, 0.25) is 5.02 Å². The first-order valence-corrected chi connectivity index (χ1v) is 10.5. The maximum atomic E-state index is 12.9.